The van der Waals surface area contributed by atoms with Gasteiger partial charge in [0, 0.05) is 12.2 Å². The third-order valence-electron chi connectivity index (χ3n) is 1.75. The van der Waals surface area contributed by atoms with Gasteiger partial charge in [-0.25, -0.2) is 0 Å². The molecule has 0 aliphatic rings. The summed E-state index contributed by atoms with van der Waals surface area (Å²) >= 11 is 0. The lowest BCUT2D eigenvalue weighted by molar-refractivity contribution is -0.418. The van der Waals surface area contributed by atoms with E-state index in [2.05, 4.69) is 6.58 Å². The Morgan fingerprint density at radius 1 is 1.33 bits per heavy atom. The molecule has 0 saturated carbocycles. The maximum absolute atomic E-state index is 10.5. The first-order chi connectivity index (χ1) is 7.24. The molecule has 0 radical (unpaired) electrons. The Kier molecular flexibility index (Phi) is 4.04. The predicted molar refractivity (Wildman–Crippen MR) is 60.8 cm³/mol. The summed E-state index contributed by atoms with van der Waals surface area (Å²) in [6.45, 7) is 3.42. The lowest BCUT2D eigenvalue weighted by Gasteiger charge is -1.91. The van der Waals surface area contributed by atoms with Crippen molar-refractivity contribution in [3.05, 3.63) is 76.5 Å². The first kappa shape index (κ1) is 10.9. The molecule has 1 rings (SSSR count). The van der Waals surface area contributed by atoms with Gasteiger partial charge in [0.05, 0.1) is 4.92 Å². The highest BCUT2D eigenvalue weighted by Crippen LogP contribution is 2.05. The lowest BCUT2D eigenvalue weighted by Crippen LogP contribution is -1.94. The van der Waals surface area contributed by atoms with Gasteiger partial charge in [-0.1, -0.05) is 43.0 Å². The largest absolute Gasteiger partial charge is 0.269 e. The summed E-state index contributed by atoms with van der Waals surface area (Å²) in [5.41, 5.74) is 0.947. The number of allylic oxidation sites excluding steroid dienone is 3. The van der Waals surface area contributed by atoms with Gasteiger partial charge in [-0.3, -0.25) is 10.1 Å². The maximum Gasteiger partial charge on any atom is 0.269 e. The van der Waals surface area contributed by atoms with Gasteiger partial charge in [0.15, 0.2) is 0 Å². The smallest absolute Gasteiger partial charge is 0.258 e. The Morgan fingerprint density at radius 2 is 2.00 bits per heavy atom. The third-order valence-corrected chi connectivity index (χ3v) is 1.75. The molecular formula is C12H11NO2. The van der Waals surface area contributed by atoms with Crippen molar-refractivity contribution >= 4 is 6.08 Å². The zero-order valence-corrected chi connectivity index (χ0v) is 8.17. The number of nitrogens with zero attached hydrogens (tertiary/aromatic N) is 1. The molecular weight excluding hydrogens is 190 g/mol. The van der Waals surface area contributed by atoms with Gasteiger partial charge in [0.2, 0.25) is 0 Å². The molecule has 1 aromatic rings. The summed E-state index contributed by atoms with van der Waals surface area (Å²) in [5, 5.41) is 10.5. The minimum absolute atomic E-state index is 0.0221. The quantitative estimate of drug-likeness (QED) is 0.427. The maximum atomic E-state index is 10.5. The van der Waals surface area contributed by atoms with E-state index in [9.17, 15) is 10.1 Å². The van der Waals surface area contributed by atoms with Crippen LogP contribution in [0, 0.1) is 10.1 Å². The van der Waals surface area contributed by atoms with Crippen molar-refractivity contribution in [2.75, 3.05) is 0 Å². The molecule has 0 amide bonds. The van der Waals surface area contributed by atoms with E-state index in [1.54, 1.807) is 6.08 Å². The van der Waals surface area contributed by atoms with Gasteiger partial charge in [-0.2, -0.15) is 0 Å². The Bertz CT molecular complexity index is 405. The minimum Gasteiger partial charge on any atom is -0.258 e. The average Bonchev–Trinajstić information content (AvgIpc) is 2.25. The van der Waals surface area contributed by atoms with Crippen LogP contribution in [0.1, 0.15) is 5.56 Å². The van der Waals surface area contributed by atoms with Gasteiger partial charge in [-0.05, 0) is 11.6 Å². The van der Waals surface area contributed by atoms with Crippen molar-refractivity contribution in [1.82, 2.24) is 0 Å². The van der Waals surface area contributed by atoms with Crippen LogP contribution in [-0.2, 0) is 0 Å². The second kappa shape index (κ2) is 5.54. The van der Waals surface area contributed by atoms with E-state index in [-0.39, 0.29) is 5.70 Å². The van der Waals surface area contributed by atoms with Crippen molar-refractivity contribution in [1.29, 1.82) is 0 Å². The standard InChI is InChI=1S/C12H11NO2/c1-2-6-12(13(14)15)10-9-11-7-4-3-5-8-11/h2-10H,1H2. The summed E-state index contributed by atoms with van der Waals surface area (Å²) < 4.78 is 0. The van der Waals surface area contributed by atoms with Crippen LogP contribution in [0.2, 0.25) is 0 Å². The second-order valence-electron chi connectivity index (χ2n) is 2.83. The average molecular weight is 201 g/mol. The molecule has 0 heterocycles. The molecule has 0 bridgehead atoms. The van der Waals surface area contributed by atoms with Crippen molar-refractivity contribution in [2.24, 2.45) is 0 Å². The van der Waals surface area contributed by atoms with Crippen LogP contribution in [0.5, 0.6) is 0 Å². The lowest BCUT2D eigenvalue weighted by atomic mass is 10.2. The highest BCUT2D eigenvalue weighted by molar-refractivity contribution is 5.51. The van der Waals surface area contributed by atoms with Crippen LogP contribution < -0.4 is 0 Å². The number of benzene rings is 1. The van der Waals surface area contributed by atoms with E-state index in [1.165, 1.54) is 18.2 Å². The minimum atomic E-state index is -0.443. The van der Waals surface area contributed by atoms with E-state index in [0.29, 0.717) is 0 Å². The zero-order chi connectivity index (χ0) is 11.1. The van der Waals surface area contributed by atoms with Gasteiger partial charge < -0.3 is 0 Å². The molecule has 0 spiro atoms. The Morgan fingerprint density at radius 3 is 2.53 bits per heavy atom. The first-order valence-corrected chi connectivity index (χ1v) is 4.44. The fraction of sp³-hybridized carbons (Fsp3) is 0. The molecule has 0 aliphatic heterocycles. The highest BCUT2D eigenvalue weighted by atomic mass is 16.6. The van der Waals surface area contributed by atoms with E-state index in [1.807, 2.05) is 30.3 Å². The van der Waals surface area contributed by atoms with Gasteiger partial charge >= 0.3 is 0 Å². The first-order valence-electron chi connectivity index (χ1n) is 4.44. The molecule has 1 aromatic carbocycles. The SMILES string of the molecule is C=CC=C(C=Cc1ccccc1)[N+](=O)[O-]. The summed E-state index contributed by atoms with van der Waals surface area (Å²) in [5.74, 6) is 0. The topological polar surface area (TPSA) is 43.1 Å². The van der Waals surface area contributed by atoms with E-state index < -0.39 is 4.92 Å². The number of hydrogen-bond acceptors (Lipinski definition) is 2. The van der Waals surface area contributed by atoms with E-state index in [4.69, 9.17) is 0 Å². The van der Waals surface area contributed by atoms with E-state index in [0.717, 1.165) is 5.56 Å². The predicted octanol–water partition coefficient (Wildman–Crippen LogP) is 3.05. The Balaban J connectivity index is 2.84. The molecule has 3 heteroatoms. The van der Waals surface area contributed by atoms with Crippen LogP contribution >= 0.6 is 0 Å². The summed E-state index contributed by atoms with van der Waals surface area (Å²) in [4.78, 5) is 10.1. The monoisotopic (exact) mass is 201 g/mol. The molecule has 3 nitrogen and oxygen atoms in total. The normalized spacial score (nSPS) is 11.6. The fourth-order valence-electron chi connectivity index (χ4n) is 1.04. The Hall–Kier alpha value is -2.16. The van der Waals surface area contributed by atoms with E-state index >= 15 is 0 Å². The van der Waals surface area contributed by atoms with Crippen LogP contribution in [0.25, 0.3) is 6.08 Å². The molecule has 0 atom stereocenters. The molecule has 76 valence electrons. The van der Waals surface area contributed by atoms with Crippen molar-refractivity contribution in [3.63, 3.8) is 0 Å². The number of nitro groups is 1. The molecule has 0 saturated heterocycles. The van der Waals surface area contributed by atoms with Crippen LogP contribution in [-0.4, -0.2) is 4.92 Å². The fourth-order valence-corrected chi connectivity index (χ4v) is 1.04. The van der Waals surface area contributed by atoms with Crippen molar-refractivity contribution in [3.8, 4) is 0 Å². The van der Waals surface area contributed by atoms with Crippen LogP contribution in [0.15, 0.2) is 60.8 Å². The molecule has 0 aliphatic carbocycles. The summed E-state index contributed by atoms with van der Waals surface area (Å²) in [7, 11) is 0. The van der Waals surface area contributed by atoms with Gasteiger partial charge in [0.25, 0.3) is 5.70 Å². The molecule has 0 aromatic heterocycles. The van der Waals surface area contributed by atoms with Crippen molar-refractivity contribution in [2.45, 2.75) is 0 Å². The number of hydrogen-bond donors (Lipinski definition) is 0. The van der Waals surface area contributed by atoms with Gasteiger partial charge in [0.1, 0.15) is 0 Å². The Labute approximate surface area is 88.2 Å². The third kappa shape index (κ3) is 3.60. The second-order valence-corrected chi connectivity index (χ2v) is 2.83. The molecule has 0 fully saturated rings. The van der Waals surface area contributed by atoms with Crippen LogP contribution in [0.3, 0.4) is 0 Å². The molecule has 0 unspecified atom stereocenters. The molecule has 0 N–H and O–H groups in total. The number of rotatable bonds is 4. The van der Waals surface area contributed by atoms with Crippen molar-refractivity contribution < 1.29 is 4.92 Å². The van der Waals surface area contributed by atoms with Crippen LogP contribution in [0.4, 0.5) is 0 Å². The summed E-state index contributed by atoms with van der Waals surface area (Å²) in [6.07, 6.45) is 5.90. The molecule has 15 heavy (non-hydrogen) atoms. The van der Waals surface area contributed by atoms with Gasteiger partial charge in [-0.15, -0.1) is 0 Å². The highest BCUT2D eigenvalue weighted by Gasteiger charge is 2.02. The summed E-state index contributed by atoms with van der Waals surface area (Å²) in [6, 6.07) is 9.40. The zero-order valence-electron chi connectivity index (χ0n) is 8.17.